The van der Waals surface area contributed by atoms with Crippen LogP contribution in [0.5, 0.6) is 0 Å². The maximum absolute atomic E-state index is 12.2. The second-order valence-corrected chi connectivity index (χ2v) is 3.98. The van der Waals surface area contributed by atoms with Crippen LogP contribution in [0, 0.1) is 13.8 Å². The fraction of sp³-hybridized carbons (Fsp3) is 0.231. The Labute approximate surface area is 94.7 Å². The van der Waals surface area contributed by atoms with E-state index in [0.29, 0.717) is 5.56 Å². The van der Waals surface area contributed by atoms with Gasteiger partial charge in [0.2, 0.25) is 0 Å². The van der Waals surface area contributed by atoms with Crippen molar-refractivity contribution in [1.29, 1.82) is 0 Å². The molecule has 0 aliphatic heterocycles. The summed E-state index contributed by atoms with van der Waals surface area (Å²) in [5, 5.41) is 4.01. The van der Waals surface area contributed by atoms with Crippen LogP contribution < -0.4 is 0 Å². The fourth-order valence-electron chi connectivity index (χ4n) is 1.69. The molecule has 1 aromatic carbocycles. The Hall–Kier alpha value is -1.90. The van der Waals surface area contributed by atoms with Crippen molar-refractivity contribution in [1.82, 2.24) is 9.78 Å². The van der Waals surface area contributed by atoms with Gasteiger partial charge in [-0.05, 0) is 25.0 Å². The molecule has 0 aliphatic carbocycles. The van der Waals surface area contributed by atoms with Crippen LogP contribution in [0.3, 0.4) is 0 Å². The van der Waals surface area contributed by atoms with Crippen molar-refractivity contribution in [3.63, 3.8) is 0 Å². The van der Waals surface area contributed by atoms with Gasteiger partial charge in [0, 0.05) is 18.8 Å². The van der Waals surface area contributed by atoms with Crippen LogP contribution in [-0.4, -0.2) is 15.6 Å². The third-order valence-electron chi connectivity index (χ3n) is 2.82. The van der Waals surface area contributed by atoms with Gasteiger partial charge >= 0.3 is 0 Å². The van der Waals surface area contributed by atoms with Crippen LogP contribution in [0.25, 0.3) is 0 Å². The molecule has 3 heteroatoms. The van der Waals surface area contributed by atoms with Gasteiger partial charge in [-0.15, -0.1) is 0 Å². The Balaban J connectivity index is 2.45. The van der Waals surface area contributed by atoms with E-state index in [1.807, 2.05) is 32.0 Å². The van der Waals surface area contributed by atoms with E-state index in [0.717, 1.165) is 16.7 Å². The number of ketones is 1. The molecule has 2 rings (SSSR count). The first kappa shape index (κ1) is 10.6. The minimum absolute atomic E-state index is 0.0364. The maximum atomic E-state index is 12.2. The monoisotopic (exact) mass is 214 g/mol. The number of carbonyl (C=O) groups is 1. The Bertz CT molecular complexity index is 541. The highest BCUT2D eigenvalue weighted by molar-refractivity contribution is 6.09. The number of carbonyl (C=O) groups excluding carboxylic acids is 1. The second kappa shape index (κ2) is 3.93. The molecule has 0 saturated carbocycles. The Morgan fingerprint density at radius 3 is 2.69 bits per heavy atom. The molecule has 0 fully saturated rings. The van der Waals surface area contributed by atoms with Gasteiger partial charge in [0.05, 0.1) is 11.8 Å². The quantitative estimate of drug-likeness (QED) is 0.719. The first-order valence-electron chi connectivity index (χ1n) is 5.19. The summed E-state index contributed by atoms with van der Waals surface area (Å²) in [6.07, 6.45) is 3.34. The number of aromatic nitrogens is 2. The third kappa shape index (κ3) is 1.76. The standard InChI is InChI=1S/C13H14N2O/c1-9-5-4-6-12(10(9)2)13(16)11-7-14-15(3)8-11/h4-8H,1-3H3. The molecule has 1 heterocycles. The van der Waals surface area contributed by atoms with E-state index in [1.165, 1.54) is 0 Å². The van der Waals surface area contributed by atoms with Gasteiger partial charge in [-0.2, -0.15) is 5.10 Å². The molecule has 0 amide bonds. The van der Waals surface area contributed by atoms with E-state index >= 15 is 0 Å². The summed E-state index contributed by atoms with van der Waals surface area (Å²) in [6.45, 7) is 3.98. The predicted octanol–water partition coefficient (Wildman–Crippen LogP) is 2.27. The van der Waals surface area contributed by atoms with E-state index < -0.39 is 0 Å². The lowest BCUT2D eigenvalue weighted by Crippen LogP contribution is -2.03. The SMILES string of the molecule is Cc1cccc(C(=O)c2cnn(C)c2)c1C. The highest BCUT2D eigenvalue weighted by Crippen LogP contribution is 2.16. The number of hydrogen-bond donors (Lipinski definition) is 0. The van der Waals surface area contributed by atoms with Crippen molar-refractivity contribution in [3.8, 4) is 0 Å². The number of hydrogen-bond acceptors (Lipinski definition) is 2. The van der Waals surface area contributed by atoms with E-state index in [4.69, 9.17) is 0 Å². The molecule has 0 atom stereocenters. The molecule has 1 aromatic heterocycles. The molecule has 3 nitrogen and oxygen atoms in total. The second-order valence-electron chi connectivity index (χ2n) is 3.98. The average Bonchev–Trinajstić information content (AvgIpc) is 2.68. The molecule has 0 aliphatic rings. The first-order valence-corrected chi connectivity index (χ1v) is 5.19. The van der Waals surface area contributed by atoms with Gasteiger partial charge in [0.1, 0.15) is 0 Å². The molecular formula is C13H14N2O. The summed E-state index contributed by atoms with van der Waals surface area (Å²) < 4.78 is 1.64. The van der Waals surface area contributed by atoms with E-state index in [1.54, 1.807) is 24.1 Å². The molecule has 0 unspecified atom stereocenters. The van der Waals surface area contributed by atoms with Gasteiger partial charge in [0.25, 0.3) is 0 Å². The number of benzene rings is 1. The highest BCUT2D eigenvalue weighted by Gasteiger charge is 2.13. The summed E-state index contributed by atoms with van der Waals surface area (Å²) in [4.78, 5) is 12.2. The van der Waals surface area contributed by atoms with Crippen LogP contribution >= 0.6 is 0 Å². The van der Waals surface area contributed by atoms with E-state index in [-0.39, 0.29) is 5.78 Å². The van der Waals surface area contributed by atoms with Crippen LogP contribution in [0.2, 0.25) is 0 Å². The predicted molar refractivity (Wildman–Crippen MR) is 62.6 cm³/mol. The summed E-state index contributed by atoms with van der Waals surface area (Å²) in [5.41, 5.74) is 3.57. The maximum Gasteiger partial charge on any atom is 0.196 e. The average molecular weight is 214 g/mol. The van der Waals surface area contributed by atoms with Crippen LogP contribution in [0.15, 0.2) is 30.6 Å². The van der Waals surface area contributed by atoms with Gasteiger partial charge in [-0.25, -0.2) is 0 Å². The number of nitrogens with zero attached hydrogens (tertiary/aromatic N) is 2. The largest absolute Gasteiger partial charge is 0.288 e. The Kier molecular flexibility index (Phi) is 2.60. The lowest BCUT2D eigenvalue weighted by molar-refractivity contribution is 0.103. The van der Waals surface area contributed by atoms with Crippen molar-refractivity contribution < 1.29 is 4.79 Å². The van der Waals surface area contributed by atoms with Crippen molar-refractivity contribution in [3.05, 3.63) is 52.8 Å². The zero-order chi connectivity index (χ0) is 11.7. The molecule has 0 radical (unpaired) electrons. The first-order chi connectivity index (χ1) is 7.59. The molecule has 16 heavy (non-hydrogen) atoms. The highest BCUT2D eigenvalue weighted by atomic mass is 16.1. The molecule has 0 bridgehead atoms. The molecule has 2 aromatic rings. The Morgan fingerprint density at radius 2 is 2.06 bits per heavy atom. The van der Waals surface area contributed by atoms with E-state index in [2.05, 4.69) is 5.10 Å². The lowest BCUT2D eigenvalue weighted by atomic mass is 9.98. The fourth-order valence-corrected chi connectivity index (χ4v) is 1.69. The smallest absolute Gasteiger partial charge is 0.196 e. The normalized spacial score (nSPS) is 10.4. The summed E-state index contributed by atoms with van der Waals surface area (Å²) in [5.74, 6) is 0.0364. The zero-order valence-corrected chi connectivity index (χ0v) is 9.69. The van der Waals surface area contributed by atoms with Gasteiger partial charge in [-0.3, -0.25) is 9.48 Å². The van der Waals surface area contributed by atoms with Gasteiger partial charge < -0.3 is 0 Å². The lowest BCUT2D eigenvalue weighted by Gasteiger charge is -2.05. The van der Waals surface area contributed by atoms with Crippen LogP contribution in [-0.2, 0) is 7.05 Å². The molecule has 0 spiro atoms. The summed E-state index contributed by atoms with van der Waals surface area (Å²) in [7, 11) is 1.81. The van der Waals surface area contributed by atoms with Crippen molar-refractivity contribution in [2.75, 3.05) is 0 Å². The number of aryl methyl sites for hydroxylation is 2. The molecule has 0 saturated heterocycles. The summed E-state index contributed by atoms with van der Waals surface area (Å²) >= 11 is 0. The van der Waals surface area contributed by atoms with Gasteiger partial charge in [0.15, 0.2) is 5.78 Å². The molecular weight excluding hydrogens is 200 g/mol. The molecule has 0 N–H and O–H groups in total. The van der Waals surface area contributed by atoms with E-state index in [9.17, 15) is 4.79 Å². The minimum atomic E-state index is 0.0364. The van der Waals surface area contributed by atoms with Crippen LogP contribution in [0.1, 0.15) is 27.0 Å². The summed E-state index contributed by atoms with van der Waals surface area (Å²) in [6, 6.07) is 5.78. The zero-order valence-electron chi connectivity index (χ0n) is 9.69. The topological polar surface area (TPSA) is 34.9 Å². The van der Waals surface area contributed by atoms with Crippen molar-refractivity contribution in [2.45, 2.75) is 13.8 Å². The number of rotatable bonds is 2. The van der Waals surface area contributed by atoms with Crippen LogP contribution in [0.4, 0.5) is 0 Å². The third-order valence-corrected chi connectivity index (χ3v) is 2.82. The Morgan fingerprint density at radius 1 is 1.31 bits per heavy atom. The minimum Gasteiger partial charge on any atom is -0.288 e. The molecule has 82 valence electrons. The van der Waals surface area contributed by atoms with Gasteiger partial charge in [-0.1, -0.05) is 18.2 Å². The van der Waals surface area contributed by atoms with Crippen molar-refractivity contribution >= 4 is 5.78 Å². The van der Waals surface area contributed by atoms with Crippen molar-refractivity contribution in [2.24, 2.45) is 7.05 Å².